The highest BCUT2D eigenvalue weighted by molar-refractivity contribution is 5.87. The number of aromatic amines is 1. The van der Waals surface area contributed by atoms with E-state index < -0.39 is 0 Å². The summed E-state index contributed by atoms with van der Waals surface area (Å²) < 4.78 is 13.8. The van der Waals surface area contributed by atoms with E-state index in [-0.39, 0.29) is 11.8 Å². The molecule has 0 spiro atoms. The van der Waals surface area contributed by atoms with Crippen molar-refractivity contribution in [1.82, 2.24) is 20.2 Å². The lowest BCUT2D eigenvalue weighted by Crippen LogP contribution is -2.20. The molecule has 8 heteroatoms. The van der Waals surface area contributed by atoms with Crippen LogP contribution in [0.25, 0.3) is 11.0 Å². The van der Waals surface area contributed by atoms with Gasteiger partial charge < -0.3 is 4.90 Å². The second kappa shape index (κ2) is 5.33. The first kappa shape index (κ1) is 13.3. The van der Waals surface area contributed by atoms with Crippen LogP contribution in [-0.4, -0.2) is 27.2 Å². The summed E-state index contributed by atoms with van der Waals surface area (Å²) in [6, 6.07) is 6.63. The Morgan fingerprint density at radius 2 is 2.14 bits per heavy atom. The van der Waals surface area contributed by atoms with E-state index >= 15 is 0 Å². The monoisotopic (exact) mass is 287 g/mol. The first-order chi connectivity index (χ1) is 10.2. The van der Waals surface area contributed by atoms with Crippen molar-refractivity contribution in [2.45, 2.75) is 6.54 Å². The van der Waals surface area contributed by atoms with Crippen LogP contribution in [0.5, 0.6) is 0 Å². The van der Waals surface area contributed by atoms with Gasteiger partial charge in [-0.25, -0.2) is 10.2 Å². The third kappa shape index (κ3) is 2.48. The van der Waals surface area contributed by atoms with Gasteiger partial charge in [-0.3, -0.25) is 10.5 Å². The molecule has 108 valence electrons. The summed E-state index contributed by atoms with van der Waals surface area (Å²) in [6.45, 7) is 0.369. The summed E-state index contributed by atoms with van der Waals surface area (Å²) in [4.78, 5) is 10.3. The fourth-order valence-corrected chi connectivity index (χ4v) is 2.13. The van der Waals surface area contributed by atoms with E-state index in [2.05, 4.69) is 25.6 Å². The van der Waals surface area contributed by atoms with Crippen LogP contribution in [-0.2, 0) is 6.54 Å². The van der Waals surface area contributed by atoms with Crippen LogP contribution >= 0.6 is 0 Å². The van der Waals surface area contributed by atoms with Gasteiger partial charge in [0.05, 0.1) is 11.6 Å². The van der Waals surface area contributed by atoms with E-state index in [9.17, 15) is 4.39 Å². The Morgan fingerprint density at radius 1 is 1.33 bits per heavy atom. The quantitative estimate of drug-likeness (QED) is 0.496. The average molecular weight is 287 g/mol. The maximum Gasteiger partial charge on any atom is 0.241 e. The molecule has 1 aromatic carbocycles. The van der Waals surface area contributed by atoms with Crippen molar-refractivity contribution in [1.29, 1.82) is 0 Å². The minimum atomic E-state index is -0.251. The second-order valence-electron chi connectivity index (χ2n) is 4.59. The molecule has 0 atom stereocenters. The SMILES string of the molecule is CN(Cc1ccccc1F)c1nc(NN)nc2[nH]ncc12. The van der Waals surface area contributed by atoms with Crippen LogP contribution in [0.2, 0.25) is 0 Å². The fourth-order valence-electron chi connectivity index (χ4n) is 2.13. The third-order valence-corrected chi connectivity index (χ3v) is 3.15. The van der Waals surface area contributed by atoms with Gasteiger partial charge in [0.1, 0.15) is 11.6 Å². The maximum absolute atomic E-state index is 13.8. The van der Waals surface area contributed by atoms with E-state index in [0.29, 0.717) is 23.6 Å². The number of hydrogen-bond donors (Lipinski definition) is 3. The van der Waals surface area contributed by atoms with Crippen LogP contribution in [0.3, 0.4) is 0 Å². The van der Waals surface area contributed by atoms with Gasteiger partial charge in [-0.1, -0.05) is 18.2 Å². The number of hydrogen-bond acceptors (Lipinski definition) is 6. The zero-order valence-electron chi connectivity index (χ0n) is 11.3. The number of benzene rings is 1. The molecule has 0 amide bonds. The Labute approximate surface area is 120 Å². The normalized spacial score (nSPS) is 10.8. The van der Waals surface area contributed by atoms with Crippen molar-refractivity contribution in [2.75, 3.05) is 17.4 Å². The molecule has 2 aromatic heterocycles. The number of halogens is 1. The number of rotatable bonds is 4. The van der Waals surface area contributed by atoms with Crippen molar-refractivity contribution < 1.29 is 4.39 Å². The molecule has 0 aliphatic rings. The molecule has 3 aromatic rings. The molecule has 0 radical (unpaired) electrons. The zero-order chi connectivity index (χ0) is 14.8. The smallest absolute Gasteiger partial charge is 0.241 e. The number of anilines is 2. The van der Waals surface area contributed by atoms with E-state index in [4.69, 9.17) is 5.84 Å². The standard InChI is InChI=1S/C13H14FN7/c1-21(7-8-4-2-3-5-10(8)14)12-9-6-16-20-11(9)17-13(18-12)19-15/h2-6H,7,15H2,1H3,(H2,16,17,18,19,20). The molecule has 2 heterocycles. The van der Waals surface area contributed by atoms with E-state index in [1.807, 2.05) is 11.9 Å². The molecule has 0 fully saturated rings. The van der Waals surface area contributed by atoms with Gasteiger partial charge in [-0.2, -0.15) is 15.1 Å². The molecule has 0 bridgehead atoms. The molecular formula is C13H14FN7. The van der Waals surface area contributed by atoms with Gasteiger partial charge in [0, 0.05) is 19.2 Å². The first-order valence-corrected chi connectivity index (χ1v) is 6.31. The number of H-pyrrole nitrogens is 1. The molecule has 0 saturated carbocycles. The van der Waals surface area contributed by atoms with Crippen LogP contribution in [0, 0.1) is 5.82 Å². The van der Waals surface area contributed by atoms with Crippen molar-refractivity contribution >= 4 is 22.8 Å². The molecule has 0 saturated heterocycles. The zero-order valence-corrected chi connectivity index (χ0v) is 11.3. The maximum atomic E-state index is 13.8. The van der Waals surface area contributed by atoms with Gasteiger partial charge in [0.25, 0.3) is 0 Å². The Kier molecular flexibility index (Phi) is 3.36. The van der Waals surface area contributed by atoms with Gasteiger partial charge in [-0.15, -0.1) is 0 Å². The molecule has 7 nitrogen and oxygen atoms in total. The minimum Gasteiger partial charge on any atom is -0.354 e. The highest BCUT2D eigenvalue weighted by atomic mass is 19.1. The summed E-state index contributed by atoms with van der Waals surface area (Å²) >= 11 is 0. The number of aromatic nitrogens is 4. The molecule has 0 aliphatic heterocycles. The molecule has 4 N–H and O–H groups in total. The predicted octanol–water partition coefficient (Wildman–Crippen LogP) is 1.41. The summed E-state index contributed by atoms with van der Waals surface area (Å²) in [5.74, 6) is 6.00. The van der Waals surface area contributed by atoms with E-state index in [1.165, 1.54) is 6.07 Å². The number of nitrogens with two attached hydrogens (primary N) is 1. The topological polar surface area (TPSA) is 95.8 Å². The van der Waals surface area contributed by atoms with Crippen molar-refractivity contribution in [3.8, 4) is 0 Å². The Morgan fingerprint density at radius 3 is 2.90 bits per heavy atom. The first-order valence-electron chi connectivity index (χ1n) is 6.31. The van der Waals surface area contributed by atoms with Crippen molar-refractivity contribution in [3.63, 3.8) is 0 Å². The van der Waals surface area contributed by atoms with Crippen LogP contribution < -0.4 is 16.2 Å². The Hall–Kier alpha value is -2.74. The molecule has 0 unspecified atom stereocenters. The second-order valence-corrected chi connectivity index (χ2v) is 4.59. The lowest BCUT2D eigenvalue weighted by atomic mass is 10.2. The van der Waals surface area contributed by atoms with Crippen LogP contribution in [0.4, 0.5) is 16.2 Å². The third-order valence-electron chi connectivity index (χ3n) is 3.15. The highest BCUT2D eigenvalue weighted by Crippen LogP contribution is 2.24. The van der Waals surface area contributed by atoms with Gasteiger partial charge >= 0.3 is 0 Å². The highest BCUT2D eigenvalue weighted by Gasteiger charge is 2.14. The number of fused-ring (bicyclic) bond motifs is 1. The van der Waals surface area contributed by atoms with E-state index in [1.54, 1.807) is 24.4 Å². The summed E-state index contributed by atoms with van der Waals surface area (Å²) in [5, 5.41) is 7.46. The van der Waals surface area contributed by atoms with Gasteiger partial charge in [0.15, 0.2) is 5.65 Å². The lowest BCUT2D eigenvalue weighted by molar-refractivity contribution is 0.607. The molecule has 21 heavy (non-hydrogen) atoms. The summed E-state index contributed by atoms with van der Waals surface area (Å²) in [5.41, 5.74) is 3.55. The largest absolute Gasteiger partial charge is 0.354 e. The lowest BCUT2D eigenvalue weighted by Gasteiger charge is -2.19. The van der Waals surface area contributed by atoms with Crippen molar-refractivity contribution in [2.24, 2.45) is 5.84 Å². The van der Waals surface area contributed by atoms with Crippen molar-refractivity contribution in [3.05, 3.63) is 41.8 Å². The van der Waals surface area contributed by atoms with E-state index in [0.717, 1.165) is 5.39 Å². The number of hydrazine groups is 1. The predicted molar refractivity (Wildman–Crippen MR) is 78.0 cm³/mol. The molecular weight excluding hydrogens is 273 g/mol. The van der Waals surface area contributed by atoms with Crippen LogP contribution in [0.1, 0.15) is 5.56 Å². The molecule has 3 rings (SSSR count). The number of nitrogens with zero attached hydrogens (tertiary/aromatic N) is 4. The number of nitrogens with one attached hydrogen (secondary N) is 2. The Balaban J connectivity index is 1.99. The summed E-state index contributed by atoms with van der Waals surface area (Å²) in [6.07, 6.45) is 1.63. The van der Waals surface area contributed by atoms with Gasteiger partial charge in [-0.05, 0) is 6.07 Å². The minimum absolute atomic E-state index is 0.251. The number of nitrogen functional groups attached to an aromatic ring is 1. The molecule has 0 aliphatic carbocycles. The average Bonchev–Trinajstić information content (AvgIpc) is 2.96. The summed E-state index contributed by atoms with van der Waals surface area (Å²) in [7, 11) is 1.82. The van der Waals surface area contributed by atoms with Crippen LogP contribution in [0.15, 0.2) is 30.5 Å². The Bertz CT molecular complexity index is 770. The van der Waals surface area contributed by atoms with Gasteiger partial charge in [0.2, 0.25) is 5.95 Å². The fraction of sp³-hybridized carbons (Fsp3) is 0.154.